The molecule has 0 saturated heterocycles. The number of esters is 1. The number of rotatable bonds is 10. The molecule has 1 rings (SSSR count). The number of hydrogen-bond acceptors (Lipinski definition) is 5. The second-order valence-electron chi connectivity index (χ2n) is 8.43. The number of aromatic nitrogens is 2. The van der Waals surface area contributed by atoms with Crippen LogP contribution in [0.15, 0.2) is 15.8 Å². The number of unbranched alkanes of at least 4 members (excludes halogenated alkanes) is 2. The number of carbonyl (C=O) groups excluding carboxylic acids is 2. The lowest BCUT2D eigenvalue weighted by molar-refractivity contribution is -0.159. The lowest BCUT2D eigenvalue weighted by Gasteiger charge is -2.32. The number of aromatic amines is 1. The van der Waals surface area contributed by atoms with Gasteiger partial charge in [-0.25, -0.2) is 4.79 Å². The van der Waals surface area contributed by atoms with Gasteiger partial charge in [0, 0.05) is 18.2 Å². The maximum Gasteiger partial charge on any atom is 0.335 e. The molecule has 0 radical (unpaired) electrons. The minimum Gasteiger partial charge on any atom is -0.465 e. The summed E-state index contributed by atoms with van der Waals surface area (Å²) in [5.41, 5.74) is -1.49. The molecular weight excluding hydrogens is 360 g/mol. The summed E-state index contributed by atoms with van der Waals surface area (Å²) in [6.07, 6.45) is 3.99. The van der Waals surface area contributed by atoms with Gasteiger partial charge in [0.1, 0.15) is 0 Å². The summed E-state index contributed by atoms with van der Waals surface area (Å²) in [6.45, 7) is 12.0. The van der Waals surface area contributed by atoms with Crippen molar-refractivity contribution in [2.75, 3.05) is 6.61 Å². The van der Waals surface area contributed by atoms with E-state index in [0.29, 0.717) is 41.9 Å². The zero-order chi connectivity index (χ0) is 21.5. The predicted octanol–water partition coefficient (Wildman–Crippen LogP) is 3.30. The van der Waals surface area contributed by atoms with Gasteiger partial charge in [-0.15, -0.1) is 0 Å². The molecule has 0 fully saturated rings. The van der Waals surface area contributed by atoms with E-state index in [4.69, 9.17) is 4.74 Å². The van der Waals surface area contributed by atoms with E-state index in [1.807, 2.05) is 20.8 Å². The van der Waals surface area contributed by atoms with Crippen LogP contribution in [0.25, 0.3) is 0 Å². The molecule has 0 bridgehead atoms. The van der Waals surface area contributed by atoms with Gasteiger partial charge in [0.05, 0.1) is 12.0 Å². The second kappa shape index (κ2) is 10.4. The van der Waals surface area contributed by atoms with Crippen LogP contribution in [0.1, 0.15) is 77.1 Å². The van der Waals surface area contributed by atoms with Crippen LogP contribution in [-0.4, -0.2) is 28.0 Å². The highest BCUT2D eigenvalue weighted by atomic mass is 16.5. The van der Waals surface area contributed by atoms with Crippen LogP contribution < -0.4 is 11.2 Å². The SMILES string of the molecule is Cc1c[nH]c(=O)n(C(=O)CCCCCOC(=O)C(C)(CC(C)C)C(C)C)c1=O. The van der Waals surface area contributed by atoms with Gasteiger partial charge in [-0.05, 0) is 51.4 Å². The molecule has 0 aliphatic carbocycles. The van der Waals surface area contributed by atoms with Crippen molar-refractivity contribution in [2.45, 2.75) is 73.6 Å². The molecule has 0 aliphatic heterocycles. The van der Waals surface area contributed by atoms with E-state index in [-0.39, 0.29) is 18.3 Å². The Morgan fingerprint density at radius 3 is 2.36 bits per heavy atom. The summed E-state index contributed by atoms with van der Waals surface area (Å²) in [7, 11) is 0. The zero-order valence-electron chi connectivity index (χ0n) is 18.0. The average molecular weight is 395 g/mol. The fourth-order valence-electron chi connectivity index (χ4n) is 3.19. The Morgan fingerprint density at radius 2 is 1.79 bits per heavy atom. The lowest BCUT2D eigenvalue weighted by atomic mass is 9.73. The van der Waals surface area contributed by atoms with Gasteiger partial charge in [0.25, 0.3) is 5.56 Å². The second-order valence-corrected chi connectivity index (χ2v) is 8.43. The molecule has 158 valence electrons. The van der Waals surface area contributed by atoms with Crippen molar-refractivity contribution in [2.24, 2.45) is 17.3 Å². The number of aryl methyl sites for hydroxylation is 1. The van der Waals surface area contributed by atoms with Crippen LogP contribution in [0.2, 0.25) is 0 Å². The molecule has 1 atom stereocenters. The third-order valence-corrected chi connectivity index (χ3v) is 5.25. The van der Waals surface area contributed by atoms with Gasteiger partial charge in [-0.3, -0.25) is 14.4 Å². The van der Waals surface area contributed by atoms with Crippen molar-refractivity contribution in [1.29, 1.82) is 0 Å². The van der Waals surface area contributed by atoms with Gasteiger partial charge in [-0.1, -0.05) is 27.7 Å². The molecule has 1 aromatic rings. The molecule has 1 unspecified atom stereocenters. The molecule has 0 spiro atoms. The smallest absolute Gasteiger partial charge is 0.335 e. The Bertz CT molecular complexity index is 791. The maximum atomic E-state index is 12.5. The molecule has 1 N–H and O–H groups in total. The Kier molecular flexibility index (Phi) is 8.85. The number of H-pyrrole nitrogens is 1. The number of nitrogens with zero attached hydrogens (tertiary/aromatic N) is 1. The Hall–Kier alpha value is -2.18. The summed E-state index contributed by atoms with van der Waals surface area (Å²) in [6, 6.07) is 0. The summed E-state index contributed by atoms with van der Waals surface area (Å²) in [5.74, 6) is -0.105. The predicted molar refractivity (Wildman–Crippen MR) is 109 cm³/mol. The van der Waals surface area contributed by atoms with E-state index >= 15 is 0 Å². The first-order valence-corrected chi connectivity index (χ1v) is 10.0. The van der Waals surface area contributed by atoms with Crippen molar-refractivity contribution in [3.8, 4) is 0 Å². The van der Waals surface area contributed by atoms with E-state index in [1.54, 1.807) is 6.92 Å². The highest BCUT2D eigenvalue weighted by Crippen LogP contribution is 2.35. The summed E-state index contributed by atoms with van der Waals surface area (Å²) >= 11 is 0. The fourth-order valence-corrected chi connectivity index (χ4v) is 3.19. The summed E-state index contributed by atoms with van der Waals surface area (Å²) in [4.78, 5) is 50.7. The van der Waals surface area contributed by atoms with Crippen LogP contribution in [0.4, 0.5) is 0 Å². The monoisotopic (exact) mass is 394 g/mol. The number of hydrogen-bond donors (Lipinski definition) is 1. The lowest BCUT2D eigenvalue weighted by Crippen LogP contribution is -2.40. The molecule has 7 heteroatoms. The average Bonchev–Trinajstić information content (AvgIpc) is 2.60. The molecule has 0 aliphatic rings. The zero-order valence-corrected chi connectivity index (χ0v) is 18.0. The van der Waals surface area contributed by atoms with Crippen molar-refractivity contribution >= 4 is 11.9 Å². The Balaban J connectivity index is 2.45. The largest absolute Gasteiger partial charge is 0.465 e. The molecule has 1 heterocycles. The van der Waals surface area contributed by atoms with Crippen molar-refractivity contribution < 1.29 is 14.3 Å². The highest BCUT2D eigenvalue weighted by molar-refractivity contribution is 5.78. The van der Waals surface area contributed by atoms with E-state index < -0.39 is 22.6 Å². The molecule has 0 amide bonds. The van der Waals surface area contributed by atoms with Gasteiger partial charge in [0.15, 0.2) is 0 Å². The van der Waals surface area contributed by atoms with Crippen LogP contribution >= 0.6 is 0 Å². The first kappa shape index (κ1) is 23.9. The molecule has 7 nitrogen and oxygen atoms in total. The van der Waals surface area contributed by atoms with E-state index in [9.17, 15) is 19.2 Å². The van der Waals surface area contributed by atoms with E-state index in [0.717, 1.165) is 6.42 Å². The molecule has 0 saturated carbocycles. The van der Waals surface area contributed by atoms with Crippen LogP contribution in [0.5, 0.6) is 0 Å². The number of carbonyl (C=O) groups is 2. The fraction of sp³-hybridized carbons (Fsp3) is 0.714. The summed E-state index contributed by atoms with van der Waals surface area (Å²) < 4.78 is 6.13. The van der Waals surface area contributed by atoms with Gasteiger partial charge in [-0.2, -0.15) is 4.57 Å². The number of nitrogens with one attached hydrogen (secondary N) is 1. The normalized spacial score (nSPS) is 13.6. The standard InChI is InChI=1S/C21H34N2O5/c1-14(2)12-21(6,15(3)4)19(26)28-11-9-7-8-10-17(24)23-18(25)16(5)13-22-20(23)27/h13-15H,7-12H2,1-6H3,(H,22,27). The molecule has 0 aromatic carbocycles. The Labute approximate surface area is 166 Å². The summed E-state index contributed by atoms with van der Waals surface area (Å²) in [5, 5.41) is 0. The Morgan fingerprint density at radius 1 is 1.14 bits per heavy atom. The van der Waals surface area contributed by atoms with Crippen molar-refractivity contribution in [3.05, 3.63) is 32.6 Å². The highest BCUT2D eigenvalue weighted by Gasteiger charge is 2.38. The molecule has 28 heavy (non-hydrogen) atoms. The van der Waals surface area contributed by atoms with Crippen molar-refractivity contribution in [3.63, 3.8) is 0 Å². The topological polar surface area (TPSA) is 98.2 Å². The van der Waals surface area contributed by atoms with Gasteiger partial charge >= 0.3 is 11.7 Å². The van der Waals surface area contributed by atoms with Crippen LogP contribution in [0, 0.1) is 24.2 Å². The third-order valence-electron chi connectivity index (χ3n) is 5.25. The first-order valence-electron chi connectivity index (χ1n) is 10.0. The minimum atomic E-state index is -0.715. The number of ether oxygens (including phenoxy) is 1. The van der Waals surface area contributed by atoms with Crippen LogP contribution in [0.3, 0.4) is 0 Å². The molecule has 1 aromatic heterocycles. The van der Waals surface area contributed by atoms with Gasteiger partial charge in [0.2, 0.25) is 5.91 Å². The van der Waals surface area contributed by atoms with E-state index in [2.05, 4.69) is 18.8 Å². The molecular formula is C21H34N2O5. The minimum absolute atomic E-state index is 0.0947. The first-order chi connectivity index (χ1) is 13.0. The van der Waals surface area contributed by atoms with E-state index in [1.165, 1.54) is 6.20 Å². The third kappa shape index (κ3) is 6.17. The maximum absolute atomic E-state index is 12.5. The van der Waals surface area contributed by atoms with Gasteiger partial charge < -0.3 is 9.72 Å². The van der Waals surface area contributed by atoms with Crippen molar-refractivity contribution in [1.82, 2.24) is 9.55 Å². The quantitative estimate of drug-likeness (QED) is 0.485. The van der Waals surface area contributed by atoms with Crippen LogP contribution in [-0.2, 0) is 9.53 Å².